The molecule has 0 bridgehead atoms. The summed E-state index contributed by atoms with van der Waals surface area (Å²) >= 11 is -3.79. The molecule has 8 rings (SSSR count). The summed E-state index contributed by atoms with van der Waals surface area (Å²) in [4.78, 5) is 0. The fraction of sp³-hybridized carbons (Fsp3) is 0.176. The Morgan fingerprint density at radius 3 is 1.32 bits per heavy atom. The van der Waals surface area contributed by atoms with E-state index in [-0.39, 0.29) is 24.8 Å². The number of aromatic nitrogens is 2. The molecule has 0 aliphatic heterocycles. The molecule has 2 aliphatic rings. The molecule has 2 unspecified atom stereocenters. The van der Waals surface area contributed by atoms with Crippen LogP contribution in [0.3, 0.4) is 0 Å². The van der Waals surface area contributed by atoms with E-state index in [1.54, 1.807) is 22.3 Å². The number of aryl methyl sites for hydroxylation is 2. The van der Waals surface area contributed by atoms with Crippen molar-refractivity contribution in [2.75, 3.05) is 0 Å². The van der Waals surface area contributed by atoms with Crippen molar-refractivity contribution in [2.45, 2.75) is 16.5 Å². The Hall–Kier alpha value is -2.36. The Kier molecular flexibility index (Phi) is 6.30. The molecule has 0 saturated heterocycles. The Balaban J connectivity index is 0.00000145. The topological polar surface area (TPSA) is 9.86 Å². The second-order valence-electron chi connectivity index (χ2n) is 12.7. The second kappa shape index (κ2) is 9.07. The fourth-order valence-electron chi connectivity index (χ4n) is 8.46. The van der Waals surface area contributed by atoms with Gasteiger partial charge < -0.3 is 0 Å². The summed E-state index contributed by atoms with van der Waals surface area (Å²) in [5, 5.41) is 2.87. The SMILES string of the molecule is Cl.Cl.Cn1c2c(c3ccccc31)[CH]([Zr]([CH3])([CH3])(=[SiH2])[CH]1c3ccccc3-c3c1c1ccccc1n3C)c1ccccc1-2. The third kappa shape index (κ3) is 3.31. The summed E-state index contributed by atoms with van der Waals surface area (Å²) in [6, 6.07) is 36.8. The van der Waals surface area contributed by atoms with Crippen molar-refractivity contribution in [1.82, 2.24) is 9.13 Å². The molecule has 0 N–H and O–H groups in total. The average Bonchev–Trinajstić information content (AvgIpc) is 3.62. The zero-order valence-electron chi connectivity index (χ0n) is 23.3. The van der Waals surface area contributed by atoms with Gasteiger partial charge in [-0.15, -0.1) is 24.8 Å². The molecule has 2 atom stereocenters. The second-order valence-corrected chi connectivity index (χ2v) is 43.1. The maximum absolute atomic E-state index is 3.79. The molecule has 0 amide bonds. The summed E-state index contributed by atoms with van der Waals surface area (Å²) in [5.41, 5.74) is 14.7. The van der Waals surface area contributed by atoms with E-state index in [9.17, 15) is 0 Å². The number of para-hydroxylation sites is 2. The monoisotopic (exact) mass is 658 g/mol. The van der Waals surface area contributed by atoms with E-state index in [1.807, 2.05) is 0 Å². The quantitative estimate of drug-likeness (QED) is 0.165. The third-order valence-corrected chi connectivity index (χ3v) is 26.9. The summed E-state index contributed by atoms with van der Waals surface area (Å²) in [5.74, 6) is 0. The van der Waals surface area contributed by atoms with E-state index in [2.05, 4.69) is 136 Å². The minimum absolute atomic E-state index is 0. The molecule has 2 heterocycles. The van der Waals surface area contributed by atoms with Gasteiger partial charge >= 0.3 is 228 Å². The van der Waals surface area contributed by atoms with Crippen molar-refractivity contribution in [2.24, 2.45) is 14.1 Å². The number of nitrogens with zero attached hydrogens (tertiary/aromatic N) is 2. The Bertz CT molecular complexity index is 1920. The van der Waals surface area contributed by atoms with Crippen LogP contribution in [0.15, 0.2) is 97.1 Å². The summed E-state index contributed by atoms with van der Waals surface area (Å²) in [6.45, 7) is 2.44. The van der Waals surface area contributed by atoms with Crippen molar-refractivity contribution < 1.29 is 17.4 Å². The first-order valence-corrected chi connectivity index (χ1v) is 27.4. The summed E-state index contributed by atoms with van der Waals surface area (Å²) in [6.07, 6.45) is 0. The van der Waals surface area contributed by atoms with E-state index < -0.39 is 17.4 Å². The molecule has 2 nitrogen and oxygen atoms in total. The van der Waals surface area contributed by atoms with Gasteiger partial charge in [-0.2, -0.15) is 0 Å². The van der Waals surface area contributed by atoms with Gasteiger partial charge in [0.1, 0.15) is 0 Å². The van der Waals surface area contributed by atoms with Crippen LogP contribution in [0, 0.1) is 0 Å². The van der Waals surface area contributed by atoms with Crippen molar-refractivity contribution in [3.63, 3.8) is 0 Å². The number of hydrogen-bond donors (Lipinski definition) is 0. The van der Waals surface area contributed by atoms with Crippen LogP contribution in [0.1, 0.15) is 29.5 Å². The molecule has 202 valence electrons. The molecule has 4 aromatic carbocycles. The standard InChI is InChI=1S/2C16H12N.2CH3.2ClH.H2Si.Zr/c2*1-17-15-9-5-4-8-13(15)14-10-11-6-2-3-7-12(11)16(14)17;;;;;;/h2*2-10H,1H3;2*1H3;2*1H;1H2;. The van der Waals surface area contributed by atoms with Gasteiger partial charge in [0.2, 0.25) is 0 Å². The third-order valence-electron chi connectivity index (χ3n) is 9.82. The first kappa shape index (κ1) is 27.8. The number of hydrogen-bond acceptors (Lipinski definition) is 0. The summed E-state index contributed by atoms with van der Waals surface area (Å²) < 4.78 is 11.4. The maximum atomic E-state index is 2.76. The van der Waals surface area contributed by atoms with E-state index in [0.717, 1.165) is 0 Å². The van der Waals surface area contributed by atoms with E-state index >= 15 is 0 Å². The number of benzene rings is 4. The molecule has 40 heavy (non-hydrogen) atoms. The van der Waals surface area contributed by atoms with Crippen LogP contribution in [-0.2, 0) is 31.5 Å². The van der Waals surface area contributed by atoms with Crippen LogP contribution in [0.5, 0.6) is 0 Å². The predicted octanol–water partition coefficient (Wildman–Crippen LogP) is 8.69. The molecule has 0 radical (unpaired) electrons. The molecule has 6 heteroatoms. The number of halogens is 2. The number of fused-ring (bicyclic) bond motifs is 10. The van der Waals surface area contributed by atoms with Gasteiger partial charge in [0, 0.05) is 0 Å². The fourth-order valence-corrected chi connectivity index (χ4v) is 26.7. The minimum atomic E-state index is -3.79. The van der Waals surface area contributed by atoms with Crippen LogP contribution in [0.4, 0.5) is 0 Å². The van der Waals surface area contributed by atoms with Crippen LogP contribution in [0.25, 0.3) is 44.3 Å². The van der Waals surface area contributed by atoms with Gasteiger partial charge in [0.25, 0.3) is 0 Å². The molecule has 2 aromatic heterocycles. The van der Waals surface area contributed by atoms with Gasteiger partial charge in [-0.05, 0) is 0 Å². The molecular weight excluding hydrogens is 627 g/mol. The van der Waals surface area contributed by atoms with Crippen molar-refractivity contribution >= 4 is 53.5 Å². The Morgan fingerprint density at radius 1 is 0.550 bits per heavy atom. The van der Waals surface area contributed by atoms with Crippen LogP contribution in [0.2, 0.25) is 9.26 Å². The van der Waals surface area contributed by atoms with Crippen molar-refractivity contribution in [1.29, 1.82) is 0 Å². The molecule has 6 aromatic rings. The molecule has 0 saturated carbocycles. The van der Waals surface area contributed by atoms with Gasteiger partial charge in [-0.3, -0.25) is 0 Å². The first-order chi connectivity index (χ1) is 18.3. The normalized spacial score (nSPS) is 17.1. The van der Waals surface area contributed by atoms with Gasteiger partial charge in [0.05, 0.1) is 0 Å². The van der Waals surface area contributed by atoms with Crippen LogP contribution in [-0.4, -0.2) is 16.0 Å². The predicted molar refractivity (Wildman–Crippen MR) is 175 cm³/mol. The van der Waals surface area contributed by atoms with Gasteiger partial charge in [-0.1, -0.05) is 0 Å². The van der Waals surface area contributed by atoms with Crippen LogP contribution >= 0.6 is 24.8 Å². The van der Waals surface area contributed by atoms with Crippen LogP contribution < -0.4 is 0 Å². The molecular formula is C34H34Cl2N2SiZr. The Labute approximate surface area is 250 Å². The average molecular weight is 661 g/mol. The Morgan fingerprint density at radius 2 is 0.900 bits per heavy atom. The first-order valence-electron chi connectivity index (χ1n) is 13.7. The van der Waals surface area contributed by atoms with Gasteiger partial charge in [0.15, 0.2) is 0 Å². The summed E-state index contributed by atoms with van der Waals surface area (Å²) in [7, 11) is 4.53. The molecule has 0 spiro atoms. The zero-order chi connectivity index (χ0) is 26.0. The number of rotatable bonds is 2. The van der Waals surface area contributed by atoms with E-state index in [4.69, 9.17) is 0 Å². The van der Waals surface area contributed by atoms with Crippen molar-refractivity contribution in [3.05, 3.63) is 119 Å². The van der Waals surface area contributed by atoms with Gasteiger partial charge in [-0.25, -0.2) is 0 Å². The molecule has 0 fully saturated rings. The van der Waals surface area contributed by atoms with E-state index in [0.29, 0.717) is 7.25 Å². The van der Waals surface area contributed by atoms with Crippen molar-refractivity contribution in [3.8, 4) is 22.5 Å². The zero-order valence-corrected chi connectivity index (χ0v) is 28.8. The van der Waals surface area contributed by atoms with E-state index in [1.165, 1.54) is 44.3 Å². The molecule has 2 aliphatic carbocycles.